The molecule has 7 nitrogen and oxygen atoms in total. The van der Waals surface area contributed by atoms with Gasteiger partial charge in [-0.1, -0.05) is 25.2 Å². The van der Waals surface area contributed by atoms with Gasteiger partial charge in [-0.05, 0) is 13.3 Å². The topological polar surface area (TPSA) is 98.7 Å². The van der Waals surface area contributed by atoms with E-state index in [0.717, 1.165) is 23.7 Å². The average molecular weight is 322 g/mol. The molecule has 0 aliphatic carbocycles. The van der Waals surface area contributed by atoms with Crippen molar-refractivity contribution in [1.29, 1.82) is 0 Å². The van der Waals surface area contributed by atoms with Crippen LogP contribution in [0.2, 0.25) is 0 Å². The van der Waals surface area contributed by atoms with E-state index in [1.807, 2.05) is 17.7 Å². The minimum Gasteiger partial charge on any atom is -0.374 e. The van der Waals surface area contributed by atoms with Gasteiger partial charge in [0.05, 0.1) is 0 Å². The fourth-order valence-corrected chi connectivity index (χ4v) is 2.84. The maximum Gasteiger partial charge on any atom is 0.242 e. The quantitative estimate of drug-likeness (QED) is 0.757. The van der Waals surface area contributed by atoms with E-state index in [4.69, 9.17) is 5.73 Å². The summed E-state index contributed by atoms with van der Waals surface area (Å²) in [6.07, 6.45) is 5.17. The summed E-state index contributed by atoms with van der Waals surface area (Å²) in [6.45, 7) is 6.62. The first-order chi connectivity index (χ1) is 10.5. The maximum absolute atomic E-state index is 12.2. The lowest BCUT2D eigenvalue weighted by atomic mass is 10.2. The Balaban J connectivity index is 1.80. The number of hydrogen-bond donors (Lipinski definition) is 2. The summed E-state index contributed by atoms with van der Waals surface area (Å²) in [5.74, 6) is 1.21. The van der Waals surface area contributed by atoms with Crippen LogP contribution in [-0.2, 0) is 11.2 Å². The van der Waals surface area contributed by atoms with Crippen LogP contribution in [0.3, 0.4) is 0 Å². The lowest BCUT2D eigenvalue weighted by molar-refractivity contribution is -0.123. The third kappa shape index (κ3) is 4.03. The number of nitrogen functional groups attached to an aromatic ring is 1. The Bertz CT molecular complexity index is 620. The predicted octanol–water partition coefficient (Wildman–Crippen LogP) is 1.75. The number of aromatic nitrogens is 4. The smallest absolute Gasteiger partial charge is 0.242 e. The van der Waals surface area contributed by atoms with E-state index in [-0.39, 0.29) is 17.9 Å². The molecule has 0 saturated heterocycles. The second-order valence-corrected chi connectivity index (χ2v) is 6.55. The highest BCUT2D eigenvalue weighted by Crippen LogP contribution is 2.17. The number of anilines is 1. The Morgan fingerprint density at radius 1 is 1.41 bits per heavy atom. The second-order valence-electron chi connectivity index (χ2n) is 5.45. The number of carbonyl (C=O) groups excluding carboxylic acids is 1. The van der Waals surface area contributed by atoms with Gasteiger partial charge in [0.15, 0.2) is 0 Å². The Kier molecular flexibility index (Phi) is 5.48. The zero-order valence-corrected chi connectivity index (χ0v) is 13.9. The van der Waals surface area contributed by atoms with E-state index in [9.17, 15) is 4.79 Å². The summed E-state index contributed by atoms with van der Waals surface area (Å²) in [5.41, 5.74) is 5.53. The maximum atomic E-state index is 12.2. The van der Waals surface area contributed by atoms with Gasteiger partial charge < -0.3 is 15.6 Å². The first-order valence-corrected chi connectivity index (χ1v) is 8.19. The van der Waals surface area contributed by atoms with Crippen molar-refractivity contribution in [2.45, 2.75) is 45.6 Å². The molecule has 120 valence electrons. The number of nitrogens with one attached hydrogen (secondary N) is 1. The van der Waals surface area contributed by atoms with Gasteiger partial charge in [0.25, 0.3) is 0 Å². The van der Waals surface area contributed by atoms with Gasteiger partial charge in [-0.15, -0.1) is 10.2 Å². The minimum atomic E-state index is -0.267. The zero-order chi connectivity index (χ0) is 16.1. The Labute approximate surface area is 134 Å². The van der Waals surface area contributed by atoms with E-state index < -0.39 is 0 Å². The largest absolute Gasteiger partial charge is 0.374 e. The molecule has 0 fully saturated rings. The van der Waals surface area contributed by atoms with Gasteiger partial charge in [-0.3, -0.25) is 4.79 Å². The summed E-state index contributed by atoms with van der Waals surface area (Å²) in [7, 11) is 0. The molecule has 3 N–H and O–H groups in total. The molecule has 0 bridgehead atoms. The fraction of sp³-hybridized carbons (Fsp3) is 0.571. The van der Waals surface area contributed by atoms with E-state index >= 15 is 0 Å². The Morgan fingerprint density at radius 2 is 2.18 bits per heavy atom. The first-order valence-electron chi connectivity index (χ1n) is 7.37. The summed E-state index contributed by atoms with van der Waals surface area (Å²) >= 11 is 1.39. The number of carbonyl (C=O) groups is 1. The highest BCUT2D eigenvalue weighted by atomic mass is 32.1. The number of amides is 1. The van der Waals surface area contributed by atoms with Gasteiger partial charge in [-0.25, -0.2) is 4.98 Å². The molecule has 0 radical (unpaired) electrons. The summed E-state index contributed by atoms with van der Waals surface area (Å²) in [6, 6.07) is -0.267. The number of nitrogens with zero attached hydrogens (tertiary/aromatic N) is 4. The molecular weight excluding hydrogens is 300 g/mol. The summed E-state index contributed by atoms with van der Waals surface area (Å²) in [5, 5.41) is 12.1. The number of nitrogens with two attached hydrogens (primary N) is 1. The molecule has 22 heavy (non-hydrogen) atoms. The van der Waals surface area contributed by atoms with Crippen molar-refractivity contribution in [1.82, 2.24) is 25.1 Å². The highest BCUT2D eigenvalue weighted by Gasteiger charge is 2.18. The molecule has 0 spiro atoms. The first kappa shape index (κ1) is 16.4. The molecule has 0 saturated carbocycles. The Morgan fingerprint density at radius 3 is 2.82 bits per heavy atom. The third-order valence-electron chi connectivity index (χ3n) is 3.36. The molecular formula is C14H22N6OS. The van der Waals surface area contributed by atoms with Gasteiger partial charge in [-0.2, -0.15) is 0 Å². The number of imidazole rings is 1. The third-order valence-corrected chi connectivity index (χ3v) is 4.17. The van der Waals surface area contributed by atoms with Crippen LogP contribution < -0.4 is 11.1 Å². The van der Waals surface area contributed by atoms with Crippen LogP contribution >= 0.6 is 11.3 Å². The van der Waals surface area contributed by atoms with Crippen LogP contribution in [0.1, 0.15) is 50.0 Å². The summed E-state index contributed by atoms with van der Waals surface area (Å²) in [4.78, 5) is 16.5. The van der Waals surface area contributed by atoms with Crippen molar-refractivity contribution in [3.63, 3.8) is 0 Å². The number of rotatable bonds is 7. The molecule has 0 aromatic carbocycles. The van der Waals surface area contributed by atoms with E-state index in [0.29, 0.717) is 11.7 Å². The van der Waals surface area contributed by atoms with Crippen LogP contribution in [0.5, 0.6) is 0 Å². The average Bonchev–Trinajstić information content (AvgIpc) is 3.11. The molecule has 2 rings (SSSR count). The zero-order valence-electron chi connectivity index (χ0n) is 13.1. The highest BCUT2D eigenvalue weighted by molar-refractivity contribution is 7.15. The predicted molar refractivity (Wildman–Crippen MR) is 86.7 cm³/mol. The SMILES string of the molecule is CC(C)c1nccn1C(C)C(=O)NCCCc1nnc(N)s1. The van der Waals surface area contributed by atoms with Gasteiger partial charge in [0.2, 0.25) is 11.0 Å². The van der Waals surface area contributed by atoms with Crippen molar-refractivity contribution in [2.75, 3.05) is 12.3 Å². The molecule has 0 aliphatic rings. The van der Waals surface area contributed by atoms with Crippen LogP contribution in [0.25, 0.3) is 0 Å². The van der Waals surface area contributed by atoms with Gasteiger partial charge >= 0.3 is 0 Å². The molecule has 2 aromatic heterocycles. The van der Waals surface area contributed by atoms with Crippen LogP contribution in [0.15, 0.2) is 12.4 Å². The van der Waals surface area contributed by atoms with E-state index in [2.05, 4.69) is 34.3 Å². The Hall–Kier alpha value is -1.96. The lowest BCUT2D eigenvalue weighted by Crippen LogP contribution is -2.32. The molecule has 1 atom stereocenters. The second kappa shape index (κ2) is 7.35. The standard InChI is InChI=1S/C14H22N6OS/c1-9(2)12-16-7-8-20(12)10(3)13(21)17-6-4-5-11-18-19-14(15)22-11/h7-10H,4-6H2,1-3H3,(H2,15,19)(H,17,21). The van der Waals surface area contributed by atoms with Gasteiger partial charge in [0, 0.05) is 31.3 Å². The number of aryl methyl sites for hydroxylation is 1. The fourth-order valence-electron chi connectivity index (χ4n) is 2.19. The van der Waals surface area contributed by atoms with Crippen LogP contribution in [0, 0.1) is 0 Å². The minimum absolute atomic E-state index is 0.00308. The van der Waals surface area contributed by atoms with Crippen molar-refractivity contribution >= 4 is 22.4 Å². The normalized spacial score (nSPS) is 12.5. The monoisotopic (exact) mass is 322 g/mol. The molecule has 8 heteroatoms. The summed E-state index contributed by atoms with van der Waals surface area (Å²) < 4.78 is 1.92. The number of hydrogen-bond acceptors (Lipinski definition) is 6. The van der Waals surface area contributed by atoms with Crippen LogP contribution in [0.4, 0.5) is 5.13 Å². The molecule has 1 amide bonds. The van der Waals surface area contributed by atoms with Crippen LogP contribution in [-0.4, -0.2) is 32.2 Å². The van der Waals surface area contributed by atoms with Crippen molar-refractivity contribution in [3.05, 3.63) is 23.2 Å². The molecule has 1 unspecified atom stereocenters. The van der Waals surface area contributed by atoms with Gasteiger partial charge in [0.1, 0.15) is 16.9 Å². The molecule has 0 aliphatic heterocycles. The van der Waals surface area contributed by atoms with Crippen molar-refractivity contribution in [2.24, 2.45) is 0 Å². The van der Waals surface area contributed by atoms with Crippen molar-refractivity contribution < 1.29 is 4.79 Å². The van der Waals surface area contributed by atoms with Crippen molar-refractivity contribution in [3.8, 4) is 0 Å². The van der Waals surface area contributed by atoms with E-state index in [1.165, 1.54) is 11.3 Å². The molecule has 2 heterocycles. The lowest BCUT2D eigenvalue weighted by Gasteiger charge is -2.17. The van der Waals surface area contributed by atoms with E-state index in [1.54, 1.807) is 6.20 Å². The molecule has 2 aromatic rings.